The standard InChI is InChI=1S/C24H32N2O4S.C20H28N2O2S2.C19H24N2O3S.C16H20N2O3S2.CO2/c1-4-30-23(27)13-7-5-6-10-16-25-24-19-11-8-9-12-21(19)26(3)31(28,29)22-17-18(2)14-15-20(22)24;1-3-4-5-6-7-10-14-21-19-16-11-8-9-12-18(16)26(23,24)22(2)17-13-15-25-20(17)19;1-14-9-10-16-18(13-14)25(22,23)21(2)17-8-5-4-7-15(17)19(16)20-11-6-12-24-3;1-18-13-8-11-22-16(13)15(17-9-5-10-21-2)12-6-3-4-7-14(12)23(18,19)20;2-1-3/h8-9,11-12,14-15,17,24-25H,4-7,10,13,16H2,1-3H3;8-9,11-13,15,19,21H,3-7,10,14H2,1-2H3;4-5,7-10,13,19-20H,6,11-12H2,1-3H3;3-4,6-8,11,15,17H,5,9-10H2,1-2H3;. The normalized spacial score (nSPS) is 17.6. The molecule has 4 N–H and O–H groups in total. The van der Waals surface area contributed by atoms with Crippen LogP contribution in [0.4, 0.5) is 22.7 Å². The number of fused-ring (bicyclic) bond motifs is 8. The summed E-state index contributed by atoms with van der Waals surface area (Å²) >= 11 is 3.20. The molecule has 0 radical (unpaired) electrons. The third kappa shape index (κ3) is 20.7. The van der Waals surface area contributed by atoms with Crippen molar-refractivity contribution in [1.29, 1.82) is 0 Å². The minimum absolute atomic E-state index is 0.0726. The van der Waals surface area contributed by atoms with Crippen LogP contribution in [-0.2, 0) is 68.7 Å². The van der Waals surface area contributed by atoms with Gasteiger partial charge in [0.1, 0.15) is 0 Å². The molecule has 0 fully saturated rings. The van der Waals surface area contributed by atoms with Crippen molar-refractivity contribution in [2.75, 3.05) is 106 Å². The molecule has 4 aliphatic rings. The van der Waals surface area contributed by atoms with Gasteiger partial charge >= 0.3 is 12.1 Å². The third-order valence-electron chi connectivity index (χ3n) is 19.3. The van der Waals surface area contributed by atoms with Crippen LogP contribution in [0, 0.1) is 13.8 Å². The first kappa shape index (κ1) is 85.9. The van der Waals surface area contributed by atoms with E-state index in [1.165, 1.54) is 49.3 Å². The number of aryl methyl sites for hydroxylation is 2. The van der Waals surface area contributed by atoms with Gasteiger partial charge in [-0.25, -0.2) is 33.7 Å². The number of esters is 1. The minimum Gasteiger partial charge on any atom is -0.466 e. The molecule has 28 heteroatoms. The molecule has 584 valence electrons. The smallest absolute Gasteiger partial charge is 0.373 e. The fraction of sp³-hybridized carbons (Fsp3) is 0.425. The van der Waals surface area contributed by atoms with Crippen molar-refractivity contribution in [3.8, 4) is 0 Å². The molecule has 108 heavy (non-hydrogen) atoms. The van der Waals surface area contributed by atoms with Crippen molar-refractivity contribution in [2.45, 2.75) is 155 Å². The Morgan fingerprint density at radius 3 is 1.15 bits per heavy atom. The molecule has 0 saturated carbocycles. The first-order chi connectivity index (χ1) is 51.9. The van der Waals surface area contributed by atoms with Crippen LogP contribution in [0.15, 0.2) is 176 Å². The van der Waals surface area contributed by atoms with Gasteiger partial charge in [-0.2, -0.15) is 9.59 Å². The number of sulfonamides is 4. The fourth-order valence-electron chi connectivity index (χ4n) is 13.6. The molecule has 2 aromatic heterocycles. The quantitative estimate of drug-likeness (QED) is 0.0275. The van der Waals surface area contributed by atoms with Crippen molar-refractivity contribution >= 4 is 97.6 Å². The van der Waals surface area contributed by atoms with Gasteiger partial charge in [0, 0.05) is 62.0 Å². The summed E-state index contributed by atoms with van der Waals surface area (Å²) in [5, 5.41) is 18.1. The molecule has 0 aliphatic carbocycles. The van der Waals surface area contributed by atoms with Crippen molar-refractivity contribution < 1.29 is 62.3 Å². The molecule has 6 aromatic carbocycles. The van der Waals surface area contributed by atoms with E-state index in [1.807, 2.05) is 141 Å². The molecule has 22 nitrogen and oxygen atoms in total. The highest BCUT2D eigenvalue weighted by molar-refractivity contribution is 7.93. The number of benzene rings is 6. The molecule has 0 amide bonds. The average Bonchev–Trinajstić information content (AvgIpc) is 1.62. The Hall–Kier alpha value is -7.67. The Morgan fingerprint density at radius 1 is 0.407 bits per heavy atom. The van der Waals surface area contributed by atoms with E-state index in [-0.39, 0.29) is 36.3 Å². The van der Waals surface area contributed by atoms with E-state index in [0.717, 1.165) is 137 Å². The number of ether oxygens (including phenoxy) is 3. The number of nitrogens with one attached hydrogen (secondary N) is 4. The van der Waals surface area contributed by atoms with Crippen LogP contribution >= 0.6 is 22.7 Å². The minimum atomic E-state index is -3.63. The van der Waals surface area contributed by atoms with Crippen molar-refractivity contribution in [1.82, 2.24) is 21.3 Å². The Balaban J connectivity index is 0.000000180. The maximum absolute atomic E-state index is 13.3. The molecule has 0 spiro atoms. The lowest BCUT2D eigenvalue weighted by Gasteiger charge is -2.22. The van der Waals surface area contributed by atoms with Crippen molar-refractivity contribution in [3.05, 3.63) is 211 Å². The van der Waals surface area contributed by atoms with Crippen LogP contribution in [0.5, 0.6) is 0 Å². The van der Waals surface area contributed by atoms with E-state index < -0.39 is 40.1 Å². The second-order valence-corrected chi connectivity index (χ2v) is 36.2. The van der Waals surface area contributed by atoms with Gasteiger partial charge in [0.05, 0.1) is 82.9 Å². The summed E-state index contributed by atoms with van der Waals surface area (Å²) in [7, 11) is -4.42. The molecular formula is C80H104N8O14S6. The molecule has 4 unspecified atom stereocenters. The first-order valence-corrected chi connectivity index (χ1v) is 44.1. The highest BCUT2D eigenvalue weighted by atomic mass is 32.2. The summed E-state index contributed by atoms with van der Waals surface area (Å²) in [5.41, 5.74) is 9.94. The summed E-state index contributed by atoms with van der Waals surface area (Å²) in [6.07, 6.45) is 13.7. The number of nitrogens with zero attached hydrogens (tertiary/aromatic N) is 4. The number of para-hydroxylation sites is 2. The SMILES string of the molecule is CCCCCCCCNC1c2ccccc2S(=O)(=O)N(C)c2ccsc21.CCOC(=O)CCCCCCNC1c2ccccc2N(C)S(=O)(=O)c2cc(C)ccc21.COCCCNC1c2ccccc2N(C)S(=O)(=O)c2cc(C)ccc21.COCCCNC1c2ccccc2S(=O)(=O)N(C)c2ccsc21.O=C=O. The summed E-state index contributed by atoms with van der Waals surface area (Å²) < 4.78 is 125. The Labute approximate surface area is 647 Å². The van der Waals surface area contributed by atoms with Gasteiger partial charge in [-0.05, 0) is 183 Å². The van der Waals surface area contributed by atoms with Gasteiger partial charge in [0.2, 0.25) is 0 Å². The highest BCUT2D eigenvalue weighted by Crippen LogP contribution is 2.46. The number of carbonyl (C=O) groups is 1. The maximum atomic E-state index is 13.3. The Morgan fingerprint density at radius 2 is 0.741 bits per heavy atom. The lowest BCUT2D eigenvalue weighted by Crippen LogP contribution is -2.26. The Bertz CT molecular complexity index is 4780. The lowest BCUT2D eigenvalue weighted by atomic mass is 9.96. The van der Waals surface area contributed by atoms with E-state index in [4.69, 9.17) is 23.8 Å². The van der Waals surface area contributed by atoms with Crippen LogP contribution in [0.1, 0.15) is 176 Å². The number of anilines is 4. The summed E-state index contributed by atoms with van der Waals surface area (Å²) in [6.45, 7) is 12.8. The number of rotatable bonds is 27. The molecule has 4 aliphatic heterocycles. The van der Waals surface area contributed by atoms with E-state index in [1.54, 1.807) is 101 Å². The highest BCUT2D eigenvalue weighted by Gasteiger charge is 2.39. The van der Waals surface area contributed by atoms with E-state index in [9.17, 15) is 38.5 Å². The monoisotopic (exact) mass is 1590 g/mol. The summed E-state index contributed by atoms with van der Waals surface area (Å²) in [4.78, 5) is 31.3. The number of thiophene rings is 2. The van der Waals surface area contributed by atoms with E-state index in [2.05, 4.69) is 28.2 Å². The van der Waals surface area contributed by atoms with Crippen LogP contribution in [0.3, 0.4) is 0 Å². The van der Waals surface area contributed by atoms with E-state index in [0.29, 0.717) is 57.2 Å². The number of hydrogen-bond acceptors (Lipinski definition) is 20. The zero-order valence-electron chi connectivity index (χ0n) is 63.4. The fourth-order valence-corrected chi connectivity index (χ4v) is 21.7. The third-order valence-corrected chi connectivity index (χ3v) is 28.6. The summed E-state index contributed by atoms with van der Waals surface area (Å²) in [5.74, 6) is -0.132. The predicted octanol–water partition coefficient (Wildman–Crippen LogP) is 14.1. The molecular weight excluding hydrogens is 1490 g/mol. The first-order valence-electron chi connectivity index (χ1n) is 36.6. The second-order valence-electron chi connectivity index (χ2n) is 26.6. The maximum Gasteiger partial charge on any atom is 0.373 e. The summed E-state index contributed by atoms with van der Waals surface area (Å²) in [6, 6.07) is 44.4. The lowest BCUT2D eigenvalue weighted by molar-refractivity contribution is -0.191. The molecule has 8 aromatic rings. The van der Waals surface area contributed by atoms with Gasteiger partial charge in [0.15, 0.2) is 0 Å². The van der Waals surface area contributed by atoms with Crippen LogP contribution in [0.2, 0.25) is 0 Å². The van der Waals surface area contributed by atoms with Crippen LogP contribution in [0.25, 0.3) is 0 Å². The number of methoxy groups -OCH3 is 2. The average molecular weight is 1590 g/mol. The van der Waals surface area contributed by atoms with Crippen LogP contribution in [-0.4, -0.2) is 134 Å². The van der Waals surface area contributed by atoms with Crippen molar-refractivity contribution in [2.24, 2.45) is 0 Å². The second kappa shape index (κ2) is 40.9. The zero-order chi connectivity index (χ0) is 78.2. The molecule has 0 saturated heterocycles. The number of carbonyl (C=O) groups excluding carboxylic acids is 3. The molecule has 6 heterocycles. The molecule has 0 bridgehead atoms. The van der Waals surface area contributed by atoms with Gasteiger partial charge in [-0.1, -0.05) is 149 Å². The van der Waals surface area contributed by atoms with Gasteiger partial charge in [0.25, 0.3) is 40.1 Å². The Kier molecular flexibility index (Phi) is 32.5. The topological polar surface area (TPSA) is 277 Å². The number of hydrogen-bond donors (Lipinski definition) is 4. The van der Waals surface area contributed by atoms with Gasteiger partial charge in [-0.3, -0.25) is 22.0 Å². The van der Waals surface area contributed by atoms with Gasteiger partial charge < -0.3 is 35.5 Å². The van der Waals surface area contributed by atoms with Crippen molar-refractivity contribution in [3.63, 3.8) is 0 Å². The van der Waals surface area contributed by atoms with Gasteiger partial charge in [-0.15, -0.1) is 22.7 Å². The predicted molar refractivity (Wildman–Crippen MR) is 430 cm³/mol. The largest absolute Gasteiger partial charge is 0.466 e. The van der Waals surface area contributed by atoms with E-state index >= 15 is 0 Å². The van der Waals surface area contributed by atoms with Crippen LogP contribution < -0.4 is 38.5 Å². The zero-order valence-corrected chi connectivity index (χ0v) is 68.3. The molecule has 4 atom stereocenters. The molecule has 12 rings (SSSR count). The number of unbranched alkanes of at least 4 members (excludes halogenated alkanes) is 8.